The normalized spacial score (nSPS) is 16.6. The van der Waals surface area contributed by atoms with E-state index >= 15 is 0 Å². The Labute approximate surface area is 196 Å². The fraction of sp³-hybridized carbons (Fsp3) is 0.231. The van der Waals surface area contributed by atoms with Crippen LogP contribution >= 0.6 is 0 Å². The Kier molecular flexibility index (Phi) is 5.38. The Morgan fingerprint density at radius 2 is 1.85 bits per heavy atom. The standard InChI is InChI=1S/C26H24N6O2/c1-16-12-20(16)26(34)30-23-13-21-18(14-29-25(27-2)22(21)15-28-23)7-4-17-5-8-19(9-6-17)32-24(33)10-11-31(32)3/h5-6,8-11,13-16,20H,12H2,1-3H3,(H,27,29)(H,28,30,34)/t16-,20+/m1/s1. The van der Waals surface area contributed by atoms with E-state index in [9.17, 15) is 9.59 Å². The maximum atomic E-state index is 12.4. The second kappa shape index (κ2) is 8.52. The number of benzene rings is 1. The van der Waals surface area contributed by atoms with Crippen LogP contribution in [0.1, 0.15) is 24.5 Å². The van der Waals surface area contributed by atoms with Gasteiger partial charge in [-0.3, -0.25) is 14.3 Å². The van der Waals surface area contributed by atoms with Gasteiger partial charge < -0.3 is 10.6 Å². The highest BCUT2D eigenvalue weighted by Gasteiger charge is 2.39. The zero-order valence-corrected chi connectivity index (χ0v) is 19.2. The van der Waals surface area contributed by atoms with Crippen molar-refractivity contribution in [3.05, 3.63) is 76.5 Å². The molecule has 3 heterocycles. The van der Waals surface area contributed by atoms with Crippen molar-refractivity contribution >= 4 is 28.3 Å². The minimum absolute atomic E-state index is 0.00676. The van der Waals surface area contributed by atoms with Gasteiger partial charge >= 0.3 is 0 Å². The summed E-state index contributed by atoms with van der Waals surface area (Å²) in [7, 11) is 3.62. The fourth-order valence-electron chi connectivity index (χ4n) is 4.01. The van der Waals surface area contributed by atoms with Gasteiger partial charge in [0, 0.05) is 61.0 Å². The quantitative estimate of drug-likeness (QED) is 0.464. The number of carbonyl (C=O) groups excluding carboxylic acids is 1. The van der Waals surface area contributed by atoms with E-state index in [2.05, 4.69) is 39.4 Å². The highest BCUT2D eigenvalue weighted by molar-refractivity contribution is 5.99. The van der Waals surface area contributed by atoms with Crippen molar-refractivity contribution in [1.29, 1.82) is 0 Å². The van der Waals surface area contributed by atoms with Crippen LogP contribution in [0.4, 0.5) is 11.6 Å². The minimum atomic E-state index is -0.0869. The molecular weight excluding hydrogens is 428 g/mol. The Bertz CT molecular complexity index is 1520. The van der Waals surface area contributed by atoms with Crippen molar-refractivity contribution in [1.82, 2.24) is 19.3 Å². The smallest absolute Gasteiger partial charge is 0.271 e. The molecule has 0 aliphatic heterocycles. The summed E-state index contributed by atoms with van der Waals surface area (Å²) in [5, 5.41) is 7.68. The molecule has 3 aromatic heterocycles. The lowest BCUT2D eigenvalue weighted by Gasteiger charge is -2.09. The summed E-state index contributed by atoms with van der Waals surface area (Å²) < 4.78 is 3.31. The predicted octanol–water partition coefficient (Wildman–Crippen LogP) is 3.16. The first-order chi connectivity index (χ1) is 16.4. The molecule has 1 aliphatic carbocycles. The van der Waals surface area contributed by atoms with Gasteiger partial charge in [0.25, 0.3) is 5.56 Å². The van der Waals surface area contributed by atoms with E-state index < -0.39 is 0 Å². The average molecular weight is 453 g/mol. The van der Waals surface area contributed by atoms with Gasteiger partial charge in [0.1, 0.15) is 11.6 Å². The number of fused-ring (bicyclic) bond motifs is 1. The van der Waals surface area contributed by atoms with Gasteiger partial charge in [0.05, 0.1) is 11.3 Å². The van der Waals surface area contributed by atoms with Gasteiger partial charge in [-0.2, -0.15) is 0 Å². The summed E-state index contributed by atoms with van der Waals surface area (Å²) in [6.07, 6.45) is 6.06. The van der Waals surface area contributed by atoms with E-state index in [0.717, 1.165) is 34.0 Å². The van der Waals surface area contributed by atoms with Crippen molar-refractivity contribution in [2.75, 3.05) is 17.7 Å². The van der Waals surface area contributed by atoms with E-state index in [1.165, 1.54) is 6.07 Å². The first kappa shape index (κ1) is 21.5. The minimum Gasteiger partial charge on any atom is -0.373 e. The number of pyridine rings is 2. The number of hydrogen-bond donors (Lipinski definition) is 2. The highest BCUT2D eigenvalue weighted by Crippen LogP contribution is 2.38. The van der Waals surface area contributed by atoms with E-state index in [1.807, 2.05) is 37.4 Å². The first-order valence-electron chi connectivity index (χ1n) is 11.1. The monoisotopic (exact) mass is 452 g/mol. The molecule has 1 fully saturated rings. The molecule has 0 saturated heterocycles. The Morgan fingerprint density at radius 1 is 1.09 bits per heavy atom. The molecule has 0 spiro atoms. The Hall–Kier alpha value is -4.38. The molecule has 2 atom stereocenters. The summed E-state index contributed by atoms with van der Waals surface area (Å²) in [5.74, 6) is 8.07. The van der Waals surface area contributed by atoms with Gasteiger partial charge in [0.2, 0.25) is 5.91 Å². The molecule has 34 heavy (non-hydrogen) atoms. The summed E-state index contributed by atoms with van der Waals surface area (Å²) in [4.78, 5) is 33.3. The Balaban J connectivity index is 1.47. The van der Waals surface area contributed by atoms with Crippen LogP contribution < -0.4 is 16.2 Å². The molecular formula is C26H24N6O2. The van der Waals surface area contributed by atoms with Crippen molar-refractivity contribution in [3.63, 3.8) is 0 Å². The van der Waals surface area contributed by atoms with Crippen LogP contribution in [0.3, 0.4) is 0 Å². The van der Waals surface area contributed by atoms with Crippen molar-refractivity contribution in [3.8, 4) is 17.5 Å². The number of hydrogen-bond acceptors (Lipinski definition) is 5. The second-order valence-electron chi connectivity index (χ2n) is 8.53. The number of carbonyl (C=O) groups is 1. The van der Waals surface area contributed by atoms with E-state index in [-0.39, 0.29) is 17.4 Å². The molecule has 2 N–H and O–H groups in total. The third-order valence-corrected chi connectivity index (χ3v) is 6.12. The lowest BCUT2D eigenvalue weighted by Crippen LogP contribution is -2.18. The fourth-order valence-corrected chi connectivity index (χ4v) is 4.01. The van der Waals surface area contributed by atoms with E-state index in [0.29, 0.717) is 17.6 Å². The summed E-state index contributed by atoms with van der Waals surface area (Å²) in [6.45, 7) is 2.07. The molecule has 1 aliphatic rings. The molecule has 0 bridgehead atoms. The summed E-state index contributed by atoms with van der Waals surface area (Å²) in [5.41, 5.74) is 2.22. The van der Waals surface area contributed by atoms with Gasteiger partial charge in [0.15, 0.2) is 0 Å². The van der Waals surface area contributed by atoms with Gasteiger partial charge in [-0.05, 0) is 42.7 Å². The lowest BCUT2D eigenvalue weighted by atomic mass is 10.1. The molecule has 0 unspecified atom stereocenters. The zero-order chi connectivity index (χ0) is 23.8. The summed E-state index contributed by atoms with van der Waals surface area (Å²) >= 11 is 0. The molecule has 1 saturated carbocycles. The molecule has 170 valence electrons. The molecule has 8 heteroatoms. The van der Waals surface area contributed by atoms with Crippen LogP contribution in [-0.2, 0) is 11.8 Å². The van der Waals surface area contributed by atoms with Gasteiger partial charge in [-0.25, -0.2) is 14.6 Å². The van der Waals surface area contributed by atoms with Gasteiger partial charge in [-0.15, -0.1) is 0 Å². The highest BCUT2D eigenvalue weighted by atomic mass is 16.2. The van der Waals surface area contributed by atoms with Crippen molar-refractivity contribution in [2.45, 2.75) is 13.3 Å². The Morgan fingerprint density at radius 3 is 2.50 bits per heavy atom. The maximum Gasteiger partial charge on any atom is 0.271 e. The topological polar surface area (TPSA) is 93.8 Å². The lowest BCUT2D eigenvalue weighted by molar-refractivity contribution is -0.117. The number of anilines is 2. The van der Waals surface area contributed by atoms with Crippen LogP contribution in [0.25, 0.3) is 16.5 Å². The number of aromatic nitrogens is 4. The predicted molar refractivity (Wildman–Crippen MR) is 132 cm³/mol. The maximum absolute atomic E-state index is 12.4. The van der Waals surface area contributed by atoms with Crippen LogP contribution in [0, 0.1) is 23.7 Å². The van der Waals surface area contributed by atoms with Crippen LogP contribution in [0.2, 0.25) is 0 Å². The van der Waals surface area contributed by atoms with E-state index in [4.69, 9.17) is 0 Å². The average Bonchev–Trinajstić information content (AvgIpc) is 3.49. The SMILES string of the molecule is CNc1ncc(C#Cc2ccc(-n3c(=O)ccn3C)cc2)c2cc(NC(=O)[C@H]3C[C@H]3C)ncc12. The molecule has 8 nitrogen and oxygen atoms in total. The molecule has 1 amide bonds. The van der Waals surface area contributed by atoms with Gasteiger partial charge in [-0.1, -0.05) is 18.8 Å². The van der Waals surface area contributed by atoms with Crippen LogP contribution in [0.15, 0.2) is 59.8 Å². The van der Waals surface area contributed by atoms with Crippen molar-refractivity contribution in [2.24, 2.45) is 18.9 Å². The molecule has 0 radical (unpaired) electrons. The number of nitrogens with zero attached hydrogens (tertiary/aromatic N) is 4. The van der Waals surface area contributed by atoms with Crippen LogP contribution in [-0.4, -0.2) is 32.3 Å². The number of rotatable bonds is 4. The first-order valence-corrected chi connectivity index (χ1v) is 11.1. The summed E-state index contributed by atoms with van der Waals surface area (Å²) in [6, 6.07) is 10.9. The van der Waals surface area contributed by atoms with Crippen molar-refractivity contribution < 1.29 is 4.79 Å². The van der Waals surface area contributed by atoms with Crippen LogP contribution in [0.5, 0.6) is 0 Å². The third kappa shape index (κ3) is 4.04. The number of aryl methyl sites for hydroxylation is 1. The van der Waals surface area contributed by atoms with E-state index in [1.54, 1.807) is 35.0 Å². The number of nitrogens with one attached hydrogen (secondary N) is 2. The molecule has 1 aromatic carbocycles. The third-order valence-electron chi connectivity index (χ3n) is 6.12. The second-order valence-corrected chi connectivity index (χ2v) is 8.53. The number of amides is 1. The molecule has 5 rings (SSSR count). The largest absolute Gasteiger partial charge is 0.373 e. The zero-order valence-electron chi connectivity index (χ0n) is 19.2. The molecule has 4 aromatic rings.